The molecule has 0 bridgehead atoms. The Morgan fingerprint density at radius 2 is 1.85 bits per heavy atom. The van der Waals surface area contributed by atoms with Gasteiger partial charge in [-0.05, 0) is 50.8 Å². The standard InChI is InChI=1S/C28H35N9O2/c1-18-7-8-20(33-27(39)19-9-11-29-22(13-19)28(2,3)4)14-21(18)34-24-10-12-32-37(24)25-15-23(30-17-31-25)35-26(38)16-36(5)6/h7-9,11-15,17,24,34H,10,16H2,1-6H3,(H,33,39)(H,30,31,35,38). The third-order valence-electron chi connectivity index (χ3n) is 6.05. The molecule has 1 atom stereocenters. The number of hydrazone groups is 1. The zero-order valence-electron chi connectivity index (χ0n) is 23.2. The predicted octanol–water partition coefficient (Wildman–Crippen LogP) is 3.86. The van der Waals surface area contributed by atoms with E-state index in [9.17, 15) is 9.59 Å². The number of aryl methyl sites for hydroxylation is 1. The second-order valence-corrected chi connectivity index (χ2v) is 10.7. The maximum absolute atomic E-state index is 13.0. The third kappa shape index (κ3) is 7.14. The molecule has 2 amide bonds. The molecule has 39 heavy (non-hydrogen) atoms. The van der Waals surface area contributed by atoms with E-state index >= 15 is 0 Å². The summed E-state index contributed by atoms with van der Waals surface area (Å²) in [5.74, 6) is 0.582. The summed E-state index contributed by atoms with van der Waals surface area (Å²) >= 11 is 0. The summed E-state index contributed by atoms with van der Waals surface area (Å²) in [5.41, 5.74) is 3.78. The van der Waals surface area contributed by atoms with E-state index in [-0.39, 0.29) is 29.9 Å². The van der Waals surface area contributed by atoms with Crippen LogP contribution in [0.1, 0.15) is 48.8 Å². The molecular weight excluding hydrogens is 494 g/mol. The zero-order valence-corrected chi connectivity index (χ0v) is 23.2. The fourth-order valence-corrected chi connectivity index (χ4v) is 3.98. The molecule has 1 aliphatic rings. The van der Waals surface area contributed by atoms with Gasteiger partial charge in [-0.3, -0.25) is 14.6 Å². The summed E-state index contributed by atoms with van der Waals surface area (Å²) in [5, 5.41) is 15.5. The third-order valence-corrected chi connectivity index (χ3v) is 6.05. The molecular formula is C28H35N9O2. The van der Waals surface area contributed by atoms with Gasteiger partial charge >= 0.3 is 0 Å². The summed E-state index contributed by atoms with van der Waals surface area (Å²) in [6, 6.07) is 11.0. The van der Waals surface area contributed by atoms with E-state index in [0.717, 1.165) is 16.9 Å². The SMILES string of the molecule is Cc1ccc(NC(=O)c2ccnc(C(C)(C)C)c2)cc1NC1CC=NN1c1cc(NC(=O)CN(C)C)ncn1. The number of hydrogen-bond acceptors (Lipinski definition) is 9. The first kappa shape index (κ1) is 27.6. The molecule has 0 aliphatic carbocycles. The molecule has 1 aliphatic heterocycles. The smallest absolute Gasteiger partial charge is 0.255 e. The van der Waals surface area contributed by atoms with E-state index in [4.69, 9.17) is 0 Å². The van der Waals surface area contributed by atoms with Crippen LogP contribution in [0.25, 0.3) is 0 Å². The molecule has 11 heteroatoms. The molecule has 11 nitrogen and oxygen atoms in total. The van der Waals surface area contributed by atoms with Gasteiger partial charge in [0.05, 0.1) is 6.54 Å². The molecule has 1 aromatic carbocycles. The minimum Gasteiger partial charge on any atom is -0.363 e. The van der Waals surface area contributed by atoms with Crippen LogP contribution in [0.4, 0.5) is 23.0 Å². The van der Waals surface area contributed by atoms with Crippen molar-refractivity contribution in [2.75, 3.05) is 41.6 Å². The molecule has 0 saturated heterocycles. The Labute approximate surface area is 228 Å². The van der Waals surface area contributed by atoms with Crippen molar-refractivity contribution in [3.63, 3.8) is 0 Å². The monoisotopic (exact) mass is 529 g/mol. The lowest BCUT2D eigenvalue weighted by Gasteiger charge is -2.25. The second kappa shape index (κ2) is 11.6. The van der Waals surface area contributed by atoms with Crippen molar-refractivity contribution in [1.29, 1.82) is 0 Å². The number of anilines is 4. The van der Waals surface area contributed by atoms with E-state index in [1.807, 2.05) is 45.3 Å². The summed E-state index contributed by atoms with van der Waals surface area (Å²) in [4.78, 5) is 39.9. The van der Waals surface area contributed by atoms with Gasteiger partial charge in [-0.2, -0.15) is 5.10 Å². The Kier molecular flexibility index (Phi) is 8.20. The van der Waals surface area contributed by atoms with Crippen LogP contribution in [-0.2, 0) is 10.2 Å². The largest absolute Gasteiger partial charge is 0.363 e. The average Bonchev–Trinajstić information content (AvgIpc) is 3.33. The van der Waals surface area contributed by atoms with Crippen LogP contribution < -0.4 is 21.0 Å². The Balaban J connectivity index is 1.47. The molecule has 2 aromatic heterocycles. The minimum absolute atomic E-state index is 0.158. The van der Waals surface area contributed by atoms with Crippen LogP contribution in [0.5, 0.6) is 0 Å². The van der Waals surface area contributed by atoms with Crippen LogP contribution in [-0.4, -0.2) is 64.7 Å². The lowest BCUT2D eigenvalue weighted by molar-refractivity contribution is -0.116. The number of aromatic nitrogens is 3. The van der Waals surface area contributed by atoms with Gasteiger partial charge in [-0.15, -0.1) is 0 Å². The topological polar surface area (TPSA) is 128 Å². The number of amides is 2. The summed E-state index contributed by atoms with van der Waals surface area (Å²) in [6.45, 7) is 8.43. The number of nitrogens with one attached hydrogen (secondary N) is 3. The molecule has 1 unspecified atom stereocenters. The normalized spacial score (nSPS) is 14.9. The molecule has 4 rings (SSSR count). The number of carbonyl (C=O) groups excluding carboxylic acids is 2. The van der Waals surface area contributed by atoms with Crippen LogP contribution in [0, 0.1) is 6.92 Å². The van der Waals surface area contributed by atoms with Gasteiger partial charge in [-0.25, -0.2) is 15.0 Å². The van der Waals surface area contributed by atoms with Crippen molar-refractivity contribution in [1.82, 2.24) is 19.9 Å². The number of benzene rings is 1. The lowest BCUT2D eigenvalue weighted by atomic mass is 9.91. The van der Waals surface area contributed by atoms with Gasteiger partial charge in [0.2, 0.25) is 5.91 Å². The van der Waals surface area contributed by atoms with E-state index in [0.29, 0.717) is 29.3 Å². The number of hydrogen-bond donors (Lipinski definition) is 3. The van der Waals surface area contributed by atoms with Gasteiger partial charge in [0.15, 0.2) is 5.82 Å². The maximum atomic E-state index is 13.0. The van der Waals surface area contributed by atoms with E-state index in [1.165, 1.54) is 6.33 Å². The Morgan fingerprint density at radius 3 is 2.59 bits per heavy atom. The highest BCUT2D eigenvalue weighted by molar-refractivity contribution is 6.04. The van der Waals surface area contributed by atoms with E-state index in [1.54, 1.807) is 34.5 Å². The predicted molar refractivity (Wildman–Crippen MR) is 154 cm³/mol. The molecule has 0 radical (unpaired) electrons. The fraction of sp³-hybridized carbons (Fsp3) is 0.357. The zero-order chi connectivity index (χ0) is 28.2. The first-order chi connectivity index (χ1) is 18.5. The quantitative estimate of drug-likeness (QED) is 0.401. The van der Waals surface area contributed by atoms with Gasteiger partial charge in [0.1, 0.15) is 18.3 Å². The number of carbonyl (C=O) groups is 2. The summed E-state index contributed by atoms with van der Waals surface area (Å²) in [6.07, 6.45) is 5.29. The van der Waals surface area contributed by atoms with Crippen LogP contribution in [0.15, 0.2) is 54.0 Å². The van der Waals surface area contributed by atoms with Crippen molar-refractivity contribution >= 4 is 41.0 Å². The highest BCUT2D eigenvalue weighted by Gasteiger charge is 2.25. The number of nitrogens with zero attached hydrogens (tertiary/aromatic N) is 6. The highest BCUT2D eigenvalue weighted by atomic mass is 16.2. The minimum atomic E-state index is -0.218. The Hall–Kier alpha value is -4.38. The van der Waals surface area contributed by atoms with Gasteiger partial charge in [0, 0.05) is 52.9 Å². The van der Waals surface area contributed by atoms with Crippen LogP contribution in [0.3, 0.4) is 0 Å². The Bertz CT molecular complexity index is 1380. The van der Waals surface area contributed by atoms with Crippen molar-refractivity contribution in [3.8, 4) is 0 Å². The lowest BCUT2D eigenvalue weighted by Crippen LogP contribution is -2.34. The second-order valence-electron chi connectivity index (χ2n) is 10.7. The summed E-state index contributed by atoms with van der Waals surface area (Å²) in [7, 11) is 3.65. The van der Waals surface area contributed by atoms with Crippen LogP contribution in [0.2, 0.25) is 0 Å². The fourth-order valence-electron chi connectivity index (χ4n) is 3.98. The van der Waals surface area contributed by atoms with Crippen molar-refractivity contribution in [3.05, 3.63) is 65.7 Å². The molecule has 0 fully saturated rings. The molecule has 0 saturated carbocycles. The van der Waals surface area contributed by atoms with E-state index < -0.39 is 0 Å². The average molecular weight is 530 g/mol. The highest BCUT2D eigenvalue weighted by Crippen LogP contribution is 2.27. The van der Waals surface area contributed by atoms with Gasteiger partial charge in [0.25, 0.3) is 5.91 Å². The first-order valence-electron chi connectivity index (χ1n) is 12.7. The molecule has 3 aromatic rings. The van der Waals surface area contributed by atoms with Crippen molar-refractivity contribution < 1.29 is 9.59 Å². The first-order valence-corrected chi connectivity index (χ1v) is 12.7. The van der Waals surface area contributed by atoms with Crippen molar-refractivity contribution in [2.45, 2.75) is 45.7 Å². The van der Waals surface area contributed by atoms with Gasteiger partial charge in [-0.1, -0.05) is 26.8 Å². The number of likely N-dealkylation sites (N-methyl/N-ethyl adjacent to an activating group) is 1. The number of pyridine rings is 1. The van der Waals surface area contributed by atoms with E-state index in [2.05, 4.69) is 56.8 Å². The molecule has 204 valence electrons. The molecule has 3 heterocycles. The van der Waals surface area contributed by atoms with Crippen molar-refractivity contribution in [2.24, 2.45) is 5.10 Å². The summed E-state index contributed by atoms with van der Waals surface area (Å²) < 4.78 is 0. The molecule has 3 N–H and O–H groups in total. The number of rotatable bonds is 8. The molecule has 0 spiro atoms. The van der Waals surface area contributed by atoms with Crippen LogP contribution >= 0.6 is 0 Å². The maximum Gasteiger partial charge on any atom is 0.255 e. The Morgan fingerprint density at radius 1 is 1.05 bits per heavy atom. The van der Waals surface area contributed by atoms with Gasteiger partial charge < -0.3 is 20.9 Å².